The largest absolute Gasteiger partial charge is 0.489 e. The Morgan fingerprint density at radius 1 is 1.62 bits per heavy atom. The van der Waals surface area contributed by atoms with Crippen molar-refractivity contribution in [1.82, 2.24) is 0 Å². The zero-order valence-electron chi connectivity index (χ0n) is 6.58. The third-order valence-electron chi connectivity index (χ3n) is 1.43. The van der Waals surface area contributed by atoms with E-state index in [0.29, 0.717) is 0 Å². The average Bonchev–Trinajstić information content (AvgIpc) is 2.09. The molecule has 0 N–H and O–H groups in total. The molecule has 6 heteroatoms. The van der Waals surface area contributed by atoms with E-state index in [-0.39, 0.29) is 15.9 Å². The van der Waals surface area contributed by atoms with Crippen LogP contribution in [0.1, 0.15) is 0 Å². The van der Waals surface area contributed by atoms with Gasteiger partial charge in [-0.25, -0.2) is 4.39 Å². The van der Waals surface area contributed by atoms with Gasteiger partial charge in [-0.15, -0.1) is 0 Å². The Balaban J connectivity index is 3.38. The molecule has 4 nitrogen and oxygen atoms in total. The lowest BCUT2D eigenvalue weighted by Crippen LogP contribution is -1.95. The SMILES string of the molecule is COc1c([N+](=O)[O-])ccc(F)c1Br. The van der Waals surface area contributed by atoms with Crippen LogP contribution >= 0.6 is 15.9 Å². The highest BCUT2D eigenvalue weighted by Crippen LogP contribution is 2.36. The van der Waals surface area contributed by atoms with Crippen LogP contribution in [0.5, 0.6) is 5.75 Å². The minimum absolute atomic E-state index is 0.0378. The molecule has 70 valence electrons. The highest BCUT2D eigenvalue weighted by Gasteiger charge is 2.20. The first-order chi connectivity index (χ1) is 6.07. The molecule has 0 aliphatic carbocycles. The smallest absolute Gasteiger partial charge is 0.312 e. The predicted molar refractivity (Wildman–Crippen MR) is 47.3 cm³/mol. The van der Waals surface area contributed by atoms with Crippen LogP contribution in [-0.4, -0.2) is 12.0 Å². The summed E-state index contributed by atoms with van der Waals surface area (Å²) < 4.78 is 17.5. The van der Waals surface area contributed by atoms with E-state index in [1.54, 1.807) is 0 Å². The van der Waals surface area contributed by atoms with Gasteiger partial charge in [-0.1, -0.05) is 0 Å². The van der Waals surface area contributed by atoms with Crippen LogP contribution in [0.15, 0.2) is 16.6 Å². The van der Waals surface area contributed by atoms with E-state index in [4.69, 9.17) is 0 Å². The molecular weight excluding hydrogens is 245 g/mol. The third kappa shape index (κ3) is 1.77. The number of hydrogen-bond donors (Lipinski definition) is 0. The molecule has 0 saturated heterocycles. The highest BCUT2D eigenvalue weighted by atomic mass is 79.9. The summed E-state index contributed by atoms with van der Waals surface area (Å²) in [6.07, 6.45) is 0. The monoisotopic (exact) mass is 249 g/mol. The van der Waals surface area contributed by atoms with Crippen molar-refractivity contribution in [3.05, 3.63) is 32.5 Å². The Bertz CT molecular complexity index is 356. The fourth-order valence-corrected chi connectivity index (χ4v) is 1.36. The number of nitro groups is 1. The van der Waals surface area contributed by atoms with Gasteiger partial charge in [0.2, 0.25) is 5.75 Å². The van der Waals surface area contributed by atoms with Crippen molar-refractivity contribution in [3.8, 4) is 5.75 Å². The second kappa shape index (κ2) is 3.69. The number of halogens is 2. The first-order valence-electron chi connectivity index (χ1n) is 3.24. The second-order valence-electron chi connectivity index (χ2n) is 2.17. The molecule has 0 bridgehead atoms. The Labute approximate surface area is 81.6 Å². The summed E-state index contributed by atoms with van der Waals surface area (Å²) in [4.78, 5) is 9.79. The third-order valence-corrected chi connectivity index (χ3v) is 2.17. The number of nitro benzene ring substituents is 1. The lowest BCUT2D eigenvalue weighted by atomic mass is 10.3. The minimum Gasteiger partial charge on any atom is -0.489 e. The number of methoxy groups -OCH3 is 1. The lowest BCUT2D eigenvalue weighted by molar-refractivity contribution is -0.385. The molecule has 0 saturated carbocycles. The first kappa shape index (κ1) is 9.91. The van der Waals surface area contributed by atoms with Gasteiger partial charge in [0, 0.05) is 6.07 Å². The van der Waals surface area contributed by atoms with E-state index in [9.17, 15) is 14.5 Å². The van der Waals surface area contributed by atoms with Crippen molar-refractivity contribution in [3.63, 3.8) is 0 Å². The molecule has 0 aliphatic rings. The normalized spacial score (nSPS) is 9.77. The first-order valence-corrected chi connectivity index (χ1v) is 4.03. The van der Waals surface area contributed by atoms with Crippen molar-refractivity contribution in [1.29, 1.82) is 0 Å². The second-order valence-corrected chi connectivity index (χ2v) is 2.96. The van der Waals surface area contributed by atoms with E-state index in [1.165, 1.54) is 7.11 Å². The maximum atomic E-state index is 12.9. The summed E-state index contributed by atoms with van der Waals surface area (Å²) in [6, 6.07) is 2.06. The van der Waals surface area contributed by atoms with Gasteiger partial charge in [-0.3, -0.25) is 10.1 Å². The lowest BCUT2D eigenvalue weighted by Gasteiger charge is -2.03. The topological polar surface area (TPSA) is 52.4 Å². The maximum Gasteiger partial charge on any atom is 0.312 e. The summed E-state index contributed by atoms with van der Waals surface area (Å²) in [5.41, 5.74) is -0.268. The van der Waals surface area contributed by atoms with Crippen LogP contribution in [0.2, 0.25) is 0 Å². The Kier molecular flexibility index (Phi) is 2.82. The Morgan fingerprint density at radius 3 is 2.69 bits per heavy atom. The van der Waals surface area contributed by atoms with Crippen LogP contribution < -0.4 is 4.74 Å². The summed E-state index contributed by atoms with van der Waals surface area (Å²) >= 11 is 2.86. The number of hydrogen-bond acceptors (Lipinski definition) is 3. The molecule has 0 aliphatic heterocycles. The molecule has 0 atom stereocenters. The summed E-state index contributed by atoms with van der Waals surface area (Å²) in [6.45, 7) is 0. The van der Waals surface area contributed by atoms with Gasteiger partial charge < -0.3 is 4.74 Å². The van der Waals surface area contributed by atoms with Crippen LogP contribution in [-0.2, 0) is 0 Å². The van der Waals surface area contributed by atoms with Crippen molar-refractivity contribution < 1.29 is 14.1 Å². The molecule has 0 spiro atoms. The van der Waals surface area contributed by atoms with Crippen molar-refractivity contribution in [2.75, 3.05) is 7.11 Å². The summed E-state index contributed by atoms with van der Waals surface area (Å²) in [7, 11) is 1.24. The van der Waals surface area contributed by atoms with Crippen molar-refractivity contribution in [2.24, 2.45) is 0 Å². The quantitative estimate of drug-likeness (QED) is 0.598. The van der Waals surface area contributed by atoms with Crippen molar-refractivity contribution >= 4 is 21.6 Å². The van der Waals surface area contributed by atoms with Crippen LogP contribution in [0, 0.1) is 15.9 Å². The minimum atomic E-state index is -0.636. The molecule has 13 heavy (non-hydrogen) atoms. The molecule has 1 rings (SSSR count). The van der Waals surface area contributed by atoms with Gasteiger partial charge in [0.25, 0.3) is 0 Å². The van der Waals surface area contributed by atoms with E-state index in [1.807, 2.05) is 0 Å². The molecule has 0 unspecified atom stereocenters. The Morgan fingerprint density at radius 2 is 2.23 bits per heavy atom. The van der Waals surface area contributed by atoms with E-state index in [2.05, 4.69) is 20.7 Å². The van der Waals surface area contributed by atoms with E-state index >= 15 is 0 Å². The molecule has 0 aromatic heterocycles. The fraction of sp³-hybridized carbons (Fsp3) is 0.143. The van der Waals surface area contributed by atoms with E-state index < -0.39 is 10.7 Å². The number of nitrogens with zero attached hydrogens (tertiary/aromatic N) is 1. The standard InChI is InChI=1S/C7H5BrFNO3/c1-13-7-5(10(11)12)3-2-4(9)6(7)8/h2-3H,1H3. The van der Waals surface area contributed by atoms with Crippen molar-refractivity contribution in [2.45, 2.75) is 0 Å². The molecule has 0 heterocycles. The van der Waals surface area contributed by atoms with Gasteiger partial charge in [0.1, 0.15) is 10.3 Å². The number of rotatable bonds is 2. The van der Waals surface area contributed by atoms with Gasteiger partial charge in [-0.2, -0.15) is 0 Å². The molecule has 1 aromatic carbocycles. The predicted octanol–water partition coefficient (Wildman–Crippen LogP) is 2.51. The molecule has 0 amide bonds. The molecule has 1 aromatic rings. The van der Waals surface area contributed by atoms with Gasteiger partial charge in [0.15, 0.2) is 0 Å². The Hall–Kier alpha value is -1.17. The fourth-order valence-electron chi connectivity index (χ4n) is 0.860. The van der Waals surface area contributed by atoms with Crippen LogP contribution in [0.25, 0.3) is 0 Å². The number of ether oxygens (including phenoxy) is 1. The highest BCUT2D eigenvalue weighted by molar-refractivity contribution is 9.10. The van der Waals surface area contributed by atoms with Gasteiger partial charge >= 0.3 is 5.69 Å². The zero-order chi connectivity index (χ0) is 10.0. The molecule has 0 radical (unpaired) electrons. The summed E-state index contributed by atoms with van der Waals surface area (Å²) in [5, 5.41) is 10.4. The zero-order valence-corrected chi connectivity index (χ0v) is 8.17. The van der Waals surface area contributed by atoms with Crippen LogP contribution in [0.3, 0.4) is 0 Å². The van der Waals surface area contributed by atoms with E-state index in [0.717, 1.165) is 12.1 Å². The van der Waals surface area contributed by atoms with Gasteiger partial charge in [0.05, 0.1) is 12.0 Å². The van der Waals surface area contributed by atoms with Crippen LogP contribution in [0.4, 0.5) is 10.1 Å². The average molecular weight is 250 g/mol. The summed E-state index contributed by atoms with van der Waals surface area (Å²) in [5.74, 6) is -0.701. The molecule has 0 fully saturated rings. The molecular formula is C7H5BrFNO3. The number of benzene rings is 1. The van der Waals surface area contributed by atoms with Gasteiger partial charge in [-0.05, 0) is 22.0 Å². The maximum absolute atomic E-state index is 12.9.